The molecule has 0 aliphatic rings. The van der Waals surface area contributed by atoms with Gasteiger partial charge in [0.25, 0.3) is 0 Å². The Morgan fingerprint density at radius 3 is 2.90 bits per heavy atom. The fourth-order valence-electron chi connectivity index (χ4n) is 0.645. The Morgan fingerprint density at radius 1 is 1.40 bits per heavy atom. The Hall–Kier alpha value is -0.482. The number of benzene rings is 1. The summed E-state index contributed by atoms with van der Waals surface area (Å²) < 4.78 is 1.97. The first kappa shape index (κ1) is 7.62. The van der Waals surface area contributed by atoms with Gasteiger partial charge in [-0.05, 0) is 0 Å². The molecule has 0 fully saturated rings. The second kappa shape index (κ2) is 4.35. The Balaban J connectivity index is 2.76. The monoisotopic (exact) mass is 310 g/mol. The first-order chi connectivity index (χ1) is 4.93. The minimum absolute atomic E-state index is 1.12. The first-order valence-electron chi connectivity index (χ1n) is 2.97. The standard InChI is InChI=1S/C9H7.Pt/c1-2-6-9-7-4-3-5-8-9;/h1-7H;/q-1;/b6-2-;. The van der Waals surface area contributed by atoms with Gasteiger partial charge in [0, 0.05) is 0 Å². The van der Waals surface area contributed by atoms with E-state index < -0.39 is 0 Å². The summed E-state index contributed by atoms with van der Waals surface area (Å²) in [6.07, 6.45) is 4.01. The second-order valence-corrected chi connectivity index (χ2v) is 2.54. The quantitative estimate of drug-likeness (QED) is 0.732. The van der Waals surface area contributed by atoms with Crippen molar-refractivity contribution in [3.05, 3.63) is 42.0 Å². The molecule has 1 aromatic rings. The van der Waals surface area contributed by atoms with Gasteiger partial charge < -0.3 is 0 Å². The average Bonchev–Trinajstić information content (AvgIpc) is 2.03. The van der Waals surface area contributed by atoms with Crippen molar-refractivity contribution in [2.45, 2.75) is 0 Å². The Morgan fingerprint density at radius 2 is 2.30 bits per heavy atom. The second-order valence-electron chi connectivity index (χ2n) is 1.78. The van der Waals surface area contributed by atoms with Crippen LogP contribution in [0.1, 0.15) is 5.56 Å². The maximum absolute atomic E-state index is 3.09. The molecule has 0 aliphatic carbocycles. The van der Waals surface area contributed by atoms with E-state index in [4.69, 9.17) is 0 Å². The summed E-state index contributed by atoms with van der Waals surface area (Å²) in [6.45, 7) is 0. The van der Waals surface area contributed by atoms with Crippen LogP contribution < -0.4 is 0 Å². The van der Waals surface area contributed by atoms with Gasteiger partial charge in [-0.1, -0.05) is 0 Å². The first-order valence-corrected chi connectivity index (χ1v) is 4.28. The predicted octanol–water partition coefficient (Wildman–Crippen LogP) is 1.85. The van der Waals surface area contributed by atoms with E-state index in [1.807, 2.05) is 40.8 Å². The zero-order valence-corrected chi connectivity index (χ0v) is 7.63. The number of allylic oxidation sites excluding steroid dienone is 1. The van der Waals surface area contributed by atoms with Gasteiger partial charge in [0.15, 0.2) is 0 Å². The Kier molecular flexibility index (Phi) is 3.32. The van der Waals surface area contributed by atoms with Crippen LogP contribution in [-0.4, -0.2) is 4.40 Å². The van der Waals surface area contributed by atoms with Crippen LogP contribution in [0, 0.1) is 6.07 Å². The predicted molar refractivity (Wildman–Crippen MR) is 40.4 cm³/mol. The van der Waals surface area contributed by atoms with Crippen LogP contribution in [0.4, 0.5) is 0 Å². The third-order valence-electron chi connectivity index (χ3n) is 1.07. The van der Waals surface area contributed by atoms with Crippen LogP contribution in [-0.2, 0) is 19.4 Å². The van der Waals surface area contributed by atoms with Gasteiger partial charge in [-0.3, -0.25) is 0 Å². The van der Waals surface area contributed by atoms with Crippen molar-refractivity contribution in [3.63, 3.8) is 0 Å². The van der Waals surface area contributed by atoms with Gasteiger partial charge in [-0.15, -0.1) is 0 Å². The van der Waals surface area contributed by atoms with Crippen molar-refractivity contribution < 1.29 is 19.4 Å². The molecule has 1 rings (SSSR count). The van der Waals surface area contributed by atoms with E-state index in [0.29, 0.717) is 0 Å². The molecule has 0 atom stereocenters. The SMILES string of the molecule is [Pt]=[CH]/C=C\c1[c-]cccc1. The Labute approximate surface area is 72.0 Å². The van der Waals surface area contributed by atoms with E-state index in [2.05, 4.69) is 25.4 Å². The topological polar surface area (TPSA) is 0 Å². The molecule has 1 heteroatoms. The molecule has 0 N–H and O–H groups in total. The molecule has 0 nitrogen and oxygen atoms in total. The van der Waals surface area contributed by atoms with Crippen molar-refractivity contribution in [2.75, 3.05) is 0 Å². The fourth-order valence-corrected chi connectivity index (χ4v) is 0.864. The molecular weight excluding hydrogens is 303 g/mol. The van der Waals surface area contributed by atoms with Crippen molar-refractivity contribution in [3.8, 4) is 0 Å². The molecule has 0 radical (unpaired) electrons. The molecule has 54 valence electrons. The summed E-state index contributed by atoms with van der Waals surface area (Å²) in [7, 11) is 0. The van der Waals surface area contributed by atoms with E-state index in [1.165, 1.54) is 0 Å². The van der Waals surface area contributed by atoms with Gasteiger partial charge in [-0.25, -0.2) is 0 Å². The molecule has 0 heterocycles. The zero-order valence-electron chi connectivity index (χ0n) is 5.36. The summed E-state index contributed by atoms with van der Waals surface area (Å²) in [5.41, 5.74) is 1.12. The summed E-state index contributed by atoms with van der Waals surface area (Å²) in [5.74, 6) is 0. The third-order valence-corrected chi connectivity index (χ3v) is 1.51. The van der Waals surface area contributed by atoms with Crippen LogP contribution in [0.3, 0.4) is 0 Å². The summed E-state index contributed by atoms with van der Waals surface area (Å²) >= 11 is 2.17. The van der Waals surface area contributed by atoms with E-state index in [1.54, 1.807) is 0 Å². The summed E-state index contributed by atoms with van der Waals surface area (Å²) in [5, 5.41) is 0. The van der Waals surface area contributed by atoms with Crippen LogP contribution in [0.25, 0.3) is 6.08 Å². The molecule has 0 amide bonds. The molecule has 0 unspecified atom stereocenters. The van der Waals surface area contributed by atoms with Gasteiger partial charge in [-0.2, -0.15) is 0 Å². The number of hydrogen-bond acceptors (Lipinski definition) is 0. The van der Waals surface area contributed by atoms with Crippen LogP contribution in [0.5, 0.6) is 0 Å². The molecule has 0 aromatic heterocycles. The van der Waals surface area contributed by atoms with Gasteiger partial charge in [0.2, 0.25) is 0 Å². The van der Waals surface area contributed by atoms with E-state index >= 15 is 0 Å². The van der Waals surface area contributed by atoms with E-state index in [0.717, 1.165) is 5.56 Å². The molecule has 0 spiro atoms. The molecule has 0 saturated heterocycles. The van der Waals surface area contributed by atoms with E-state index in [-0.39, 0.29) is 0 Å². The zero-order chi connectivity index (χ0) is 7.23. The van der Waals surface area contributed by atoms with E-state index in [9.17, 15) is 0 Å². The molecule has 0 bridgehead atoms. The normalized spacial score (nSPS) is 10.2. The van der Waals surface area contributed by atoms with Crippen LogP contribution >= 0.6 is 0 Å². The van der Waals surface area contributed by atoms with Crippen molar-refractivity contribution >= 4 is 10.5 Å². The van der Waals surface area contributed by atoms with Gasteiger partial charge in [0.05, 0.1) is 0 Å². The Bertz CT molecular complexity index is 224. The average molecular weight is 310 g/mol. The minimum atomic E-state index is 1.12. The molecule has 0 saturated carbocycles. The molecule has 0 aliphatic heterocycles. The van der Waals surface area contributed by atoms with Crippen LogP contribution in [0.2, 0.25) is 0 Å². The van der Waals surface area contributed by atoms with Crippen LogP contribution in [0.15, 0.2) is 30.3 Å². The summed E-state index contributed by atoms with van der Waals surface area (Å²) in [4.78, 5) is 0. The van der Waals surface area contributed by atoms with Gasteiger partial charge in [0.1, 0.15) is 0 Å². The van der Waals surface area contributed by atoms with Crippen molar-refractivity contribution in [1.82, 2.24) is 0 Å². The number of rotatable bonds is 2. The molecule has 10 heavy (non-hydrogen) atoms. The number of hydrogen-bond donors (Lipinski definition) is 0. The van der Waals surface area contributed by atoms with Crippen molar-refractivity contribution in [2.24, 2.45) is 0 Å². The molecular formula is C9H7Pt-. The van der Waals surface area contributed by atoms with Crippen molar-refractivity contribution in [1.29, 1.82) is 0 Å². The van der Waals surface area contributed by atoms with Gasteiger partial charge >= 0.3 is 71.8 Å². The fraction of sp³-hybridized carbons (Fsp3) is 0. The summed E-state index contributed by atoms with van der Waals surface area (Å²) in [6, 6.07) is 11.0. The third kappa shape index (κ3) is 2.41. The maximum atomic E-state index is 3.09. The molecule has 1 aromatic carbocycles.